The maximum absolute atomic E-state index is 12.9. The Hall–Kier alpha value is -1.70. The van der Waals surface area contributed by atoms with Crippen molar-refractivity contribution < 1.29 is 4.39 Å². The molecular weight excluding hydrogens is 273 g/mol. The van der Waals surface area contributed by atoms with Crippen molar-refractivity contribution in [3.05, 3.63) is 54.1 Å². The fourth-order valence-electron chi connectivity index (χ4n) is 3.69. The van der Waals surface area contributed by atoms with Crippen LogP contribution in [0.4, 0.5) is 4.39 Å². The number of hydrogen-bond acceptors (Lipinski definition) is 1. The number of rotatable bonds is 4. The normalized spacial score (nSPS) is 21.7. The molecule has 1 aromatic carbocycles. The molecule has 1 saturated carbocycles. The molecule has 1 aliphatic carbocycles. The van der Waals surface area contributed by atoms with Crippen molar-refractivity contribution in [2.45, 2.75) is 51.4 Å². The highest BCUT2D eigenvalue weighted by atomic mass is 19.1. The first-order valence-corrected chi connectivity index (χ1v) is 8.48. The Labute approximate surface area is 132 Å². The van der Waals surface area contributed by atoms with Crippen molar-refractivity contribution in [1.29, 1.82) is 0 Å². The summed E-state index contributed by atoms with van der Waals surface area (Å²) >= 11 is 0. The summed E-state index contributed by atoms with van der Waals surface area (Å²) in [5.74, 6) is 1.24. The molecule has 2 aromatic rings. The molecule has 1 aliphatic rings. The van der Waals surface area contributed by atoms with Gasteiger partial charge in [-0.2, -0.15) is 4.39 Å². The van der Waals surface area contributed by atoms with E-state index in [1.807, 2.05) is 0 Å². The number of pyridine rings is 1. The van der Waals surface area contributed by atoms with Gasteiger partial charge in [0.25, 0.3) is 0 Å². The first-order chi connectivity index (χ1) is 10.8. The van der Waals surface area contributed by atoms with E-state index >= 15 is 0 Å². The van der Waals surface area contributed by atoms with E-state index in [1.165, 1.54) is 50.2 Å². The molecule has 0 bridgehead atoms. The first kappa shape index (κ1) is 15.2. The van der Waals surface area contributed by atoms with E-state index in [4.69, 9.17) is 0 Å². The highest BCUT2D eigenvalue weighted by Crippen LogP contribution is 2.37. The minimum Gasteiger partial charge on any atom is -0.228 e. The average molecular weight is 297 g/mol. The van der Waals surface area contributed by atoms with E-state index in [0.717, 1.165) is 17.0 Å². The standard InChI is InChI=1S/C20H24FN/c1-2-3-15-4-6-16(7-5-15)17-8-10-18(11-9-17)19-12-13-20(21)22-14-19/h8-16H,2-7H2,1H3. The Morgan fingerprint density at radius 3 is 2.23 bits per heavy atom. The minimum atomic E-state index is -0.427. The molecule has 0 aliphatic heterocycles. The van der Waals surface area contributed by atoms with Gasteiger partial charge in [-0.1, -0.05) is 44.0 Å². The largest absolute Gasteiger partial charge is 0.228 e. The second-order valence-electron chi connectivity index (χ2n) is 6.50. The molecule has 22 heavy (non-hydrogen) atoms. The molecule has 116 valence electrons. The summed E-state index contributed by atoms with van der Waals surface area (Å²) in [6.07, 6.45) is 9.70. The third kappa shape index (κ3) is 3.55. The van der Waals surface area contributed by atoms with E-state index in [0.29, 0.717) is 5.92 Å². The molecule has 0 unspecified atom stereocenters. The van der Waals surface area contributed by atoms with Crippen LogP contribution in [0.2, 0.25) is 0 Å². The molecule has 0 spiro atoms. The molecule has 1 aromatic heterocycles. The lowest BCUT2D eigenvalue weighted by molar-refractivity contribution is 0.308. The van der Waals surface area contributed by atoms with Crippen LogP contribution in [0.1, 0.15) is 56.9 Å². The predicted octanol–water partition coefficient (Wildman–Crippen LogP) is 5.96. The topological polar surface area (TPSA) is 12.9 Å². The Morgan fingerprint density at radius 1 is 0.955 bits per heavy atom. The van der Waals surface area contributed by atoms with Crippen LogP contribution in [0.5, 0.6) is 0 Å². The van der Waals surface area contributed by atoms with Crippen LogP contribution in [-0.4, -0.2) is 4.98 Å². The van der Waals surface area contributed by atoms with Gasteiger partial charge < -0.3 is 0 Å². The van der Waals surface area contributed by atoms with E-state index in [-0.39, 0.29) is 0 Å². The highest BCUT2D eigenvalue weighted by Gasteiger charge is 2.21. The van der Waals surface area contributed by atoms with Crippen molar-refractivity contribution in [1.82, 2.24) is 4.98 Å². The number of halogens is 1. The number of hydrogen-bond donors (Lipinski definition) is 0. The second kappa shape index (κ2) is 7.04. The fraction of sp³-hybridized carbons (Fsp3) is 0.450. The lowest BCUT2D eigenvalue weighted by atomic mass is 9.77. The van der Waals surface area contributed by atoms with Crippen LogP contribution in [0.15, 0.2) is 42.6 Å². The number of benzene rings is 1. The molecule has 0 N–H and O–H groups in total. The lowest BCUT2D eigenvalue weighted by Gasteiger charge is -2.28. The van der Waals surface area contributed by atoms with E-state index < -0.39 is 5.95 Å². The number of nitrogens with zero attached hydrogens (tertiary/aromatic N) is 1. The van der Waals surface area contributed by atoms with Gasteiger partial charge >= 0.3 is 0 Å². The van der Waals surface area contributed by atoms with Gasteiger partial charge in [-0.05, 0) is 60.8 Å². The van der Waals surface area contributed by atoms with Gasteiger partial charge in [-0.3, -0.25) is 0 Å². The first-order valence-electron chi connectivity index (χ1n) is 8.48. The van der Waals surface area contributed by atoms with Crippen LogP contribution in [0.25, 0.3) is 11.1 Å². The molecule has 0 radical (unpaired) electrons. The van der Waals surface area contributed by atoms with Crippen LogP contribution >= 0.6 is 0 Å². The quantitative estimate of drug-likeness (QED) is 0.634. The molecule has 0 atom stereocenters. The summed E-state index contributed by atoms with van der Waals surface area (Å²) in [5.41, 5.74) is 3.53. The van der Waals surface area contributed by atoms with Crippen LogP contribution < -0.4 is 0 Å². The summed E-state index contributed by atoms with van der Waals surface area (Å²) < 4.78 is 12.9. The molecular formula is C20H24FN. The van der Waals surface area contributed by atoms with Crippen LogP contribution in [0, 0.1) is 11.9 Å². The second-order valence-corrected chi connectivity index (χ2v) is 6.50. The highest BCUT2D eigenvalue weighted by molar-refractivity contribution is 5.62. The van der Waals surface area contributed by atoms with Crippen molar-refractivity contribution in [2.75, 3.05) is 0 Å². The summed E-state index contributed by atoms with van der Waals surface area (Å²) in [7, 11) is 0. The summed E-state index contributed by atoms with van der Waals surface area (Å²) in [5, 5.41) is 0. The van der Waals surface area contributed by atoms with Crippen LogP contribution in [-0.2, 0) is 0 Å². The lowest BCUT2D eigenvalue weighted by Crippen LogP contribution is -2.13. The number of aromatic nitrogens is 1. The maximum atomic E-state index is 12.9. The summed E-state index contributed by atoms with van der Waals surface area (Å²) in [4.78, 5) is 3.73. The Bertz CT molecular complexity index is 580. The van der Waals surface area contributed by atoms with Gasteiger partial charge in [0.05, 0.1) is 0 Å². The zero-order valence-corrected chi connectivity index (χ0v) is 13.3. The Kier molecular flexibility index (Phi) is 4.87. The Morgan fingerprint density at radius 2 is 1.64 bits per heavy atom. The predicted molar refractivity (Wildman–Crippen MR) is 89.2 cm³/mol. The zero-order valence-electron chi connectivity index (χ0n) is 13.3. The molecule has 0 saturated heterocycles. The fourth-order valence-corrected chi connectivity index (χ4v) is 3.69. The van der Waals surface area contributed by atoms with Gasteiger partial charge in [-0.15, -0.1) is 0 Å². The maximum Gasteiger partial charge on any atom is 0.212 e. The van der Waals surface area contributed by atoms with Gasteiger partial charge in [0.15, 0.2) is 0 Å². The van der Waals surface area contributed by atoms with Gasteiger partial charge in [0.1, 0.15) is 0 Å². The monoisotopic (exact) mass is 297 g/mol. The van der Waals surface area contributed by atoms with Gasteiger partial charge in [-0.25, -0.2) is 4.98 Å². The van der Waals surface area contributed by atoms with E-state index in [1.54, 1.807) is 12.3 Å². The molecule has 1 heterocycles. The molecule has 1 fully saturated rings. The smallest absolute Gasteiger partial charge is 0.212 e. The minimum absolute atomic E-state index is 0.427. The van der Waals surface area contributed by atoms with E-state index in [9.17, 15) is 4.39 Å². The third-order valence-corrected chi connectivity index (χ3v) is 4.99. The average Bonchev–Trinajstić information content (AvgIpc) is 2.57. The zero-order chi connectivity index (χ0) is 15.4. The SMILES string of the molecule is CCCC1CCC(c2ccc(-c3ccc(F)nc3)cc2)CC1. The molecule has 0 amide bonds. The van der Waals surface area contributed by atoms with E-state index in [2.05, 4.69) is 36.2 Å². The van der Waals surface area contributed by atoms with Gasteiger partial charge in [0.2, 0.25) is 5.95 Å². The van der Waals surface area contributed by atoms with Crippen molar-refractivity contribution in [3.63, 3.8) is 0 Å². The summed E-state index contributed by atoms with van der Waals surface area (Å²) in [6.45, 7) is 2.29. The van der Waals surface area contributed by atoms with Crippen LogP contribution in [0.3, 0.4) is 0 Å². The molecule has 1 nitrogen and oxygen atoms in total. The van der Waals surface area contributed by atoms with Gasteiger partial charge in [0, 0.05) is 11.8 Å². The van der Waals surface area contributed by atoms with Crippen molar-refractivity contribution in [3.8, 4) is 11.1 Å². The molecule has 3 rings (SSSR count). The summed E-state index contributed by atoms with van der Waals surface area (Å²) in [6, 6.07) is 12.0. The van der Waals surface area contributed by atoms with Crippen molar-refractivity contribution >= 4 is 0 Å². The molecule has 2 heteroatoms. The third-order valence-electron chi connectivity index (χ3n) is 4.99. The van der Waals surface area contributed by atoms with Crippen molar-refractivity contribution in [2.24, 2.45) is 5.92 Å². The Balaban J connectivity index is 1.66.